The standard InChI is InChI=1S/C13H25N3O2/c1-13(2,3)15-9-12(18)16-6-4-10(5-7-16)8-11(14)17/h10,15H,4-9H2,1-3H3,(H2,14,17). The summed E-state index contributed by atoms with van der Waals surface area (Å²) in [5.41, 5.74) is 5.14. The van der Waals surface area contributed by atoms with E-state index in [-0.39, 0.29) is 17.4 Å². The van der Waals surface area contributed by atoms with Crippen LogP contribution < -0.4 is 11.1 Å². The van der Waals surface area contributed by atoms with Crippen molar-refractivity contribution in [1.82, 2.24) is 10.2 Å². The quantitative estimate of drug-likeness (QED) is 0.767. The molecule has 104 valence electrons. The van der Waals surface area contributed by atoms with Gasteiger partial charge in [-0.2, -0.15) is 0 Å². The number of primary amides is 1. The predicted octanol–water partition coefficient (Wildman–Crippen LogP) is 0.489. The van der Waals surface area contributed by atoms with Gasteiger partial charge in [0.05, 0.1) is 6.54 Å². The summed E-state index contributed by atoms with van der Waals surface area (Å²) in [4.78, 5) is 24.6. The first-order valence-electron chi connectivity index (χ1n) is 6.59. The number of nitrogens with one attached hydrogen (secondary N) is 1. The largest absolute Gasteiger partial charge is 0.370 e. The Morgan fingerprint density at radius 2 is 1.83 bits per heavy atom. The van der Waals surface area contributed by atoms with Crippen LogP contribution in [0.15, 0.2) is 0 Å². The highest BCUT2D eigenvalue weighted by Crippen LogP contribution is 2.20. The molecule has 1 aliphatic rings. The number of hydrogen-bond donors (Lipinski definition) is 2. The number of nitrogens with two attached hydrogens (primary N) is 1. The van der Waals surface area contributed by atoms with E-state index in [0.29, 0.717) is 18.9 Å². The lowest BCUT2D eigenvalue weighted by molar-refractivity contribution is -0.132. The molecule has 5 heteroatoms. The van der Waals surface area contributed by atoms with Crippen molar-refractivity contribution in [2.75, 3.05) is 19.6 Å². The number of likely N-dealkylation sites (tertiary alicyclic amines) is 1. The predicted molar refractivity (Wildman–Crippen MR) is 70.9 cm³/mol. The van der Waals surface area contributed by atoms with E-state index in [2.05, 4.69) is 5.32 Å². The van der Waals surface area contributed by atoms with E-state index in [9.17, 15) is 9.59 Å². The van der Waals surface area contributed by atoms with Crippen molar-refractivity contribution in [3.63, 3.8) is 0 Å². The molecule has 5 nitrogen and oxygen atoms in total. The lowest BCUT2D eigenvalue weighted by Crippen LogP contribution is -2.47. The maximum absolute atomic E-state index is 11.9. The van der Waals surface area contributed by atoms with Crippen LogP contribution in [-0.2, 0) is 9.59 Å². The second-order valence-corrected chi connectivity index (χ2v) is 6.10. The first kappa shape index (κ1) is 15.0. The third kappa shape index (κ3) is 5.49. The monoisotopic (exact) mass is 255 g/mol. The molecule has 0 spiro atoms. The molecule has 0 bridgehead atoms. The summed E-state index contributed by atoms with van der Waals surface area (Å²) in [6, 6.07) is 0. The van der Waals surface area contributed by atoms with Gasteiger partial charge in [0.15, 0.2) is 0 Å². The van der Waals surface area contributed by atoms with Crippen molar-refractivity contribution in [2.45, 2.75) is 45.6 Å². The minimum atomic E-state index is -0.242. The molecule has 0 aromatic carbocycles. The van der Waals surface area contributed by atoms with Gasteiger partial charge >= 0.3 is 0 Å². The summed E-state index contributed by atoms with van der Waals surface area (Å²) in [7, 11) is 0. The Labute approximate surface area is 109 Å². The molecular weight excluding hydrogens is 230 g/mol. The summed E-state index contributed by atoms with van der Waals surface area (Å²) < 4.78 is 0. The highest BCUT2D eigenvalue weighted by Gasteiger charge is 2.24. The number of nitrogens with zero attached hydrogens (tertiary/aromatic N) is 1. The van der Waals surface area contributed by atoms with Gasteiger partial charge < -0.3 is 16.0 Å². The highest BCUT2D eigenvalue weighted by atomic mass is 16.2. The fourth-order valence-electron chi connectivity index (χ4n) is 2.12. The second kappa shape index (κ2) is 6.18. The van der Waals surface area contributed by atoms with Crippen molar-refractivity contribution in [1.29, 1.82) is 0 Å². The van der Waals surface area contributed by atoms with Gasteiger partial charge in [0, 0.05) is 25.0 Å². The lowest BCUT2D eigenvalue weighted by atomic mass is 9.93. The minimum Gasteiger partial charge on any atom is -0.370 e. The molecule has 18 heavy (non-hydrogen) atoms. The van der Waals surface area contributed by atoms with E-state index in [1.165, 1.54) is 0 Å². The van der Waals surface area contributed by atoms with Crippen molar-refractivity contribution in [3.05, 3.63) is 0 Å². The SMILES string of the molecule is CC(C)(C)NCC(=O)N1CCC(CC(N)=O)CC1. The van der Waals surface area contributed by atoms with Gasteiger partial charge in [-0.05, 0) is 39.5 Å². The van der Waals surface area contributed by atoms with Crippen molar-refractivity contribution in [2.24, 2.45) is 11.7 Å². The van der Waals surface area contributed by atoms with E-state index in [0.717, 1.165) is 25.9 Å². The van der Waals surface area contributed by atoms with Crippen molar-refractivity contribution < 1.29 is 9.59 Å². The Balaban J connectivity index is 2.29. The Kier molecular flexibility index (Phi) is 5.14. The number of rotatable bonds is 4. The average Bonchev–Trinajstić information content (AvgIpc) is 2.25. The molecular formula is C13H25N3O2. The number of carbonyl (C=O) groups is 2. The maximum Gasteiger partial charge on any atom is 0.236 e. The Morgan fingerprint density at radius 3 is 2.28 bits per heavy atom. The zero-order valence-electron chi connectivity index (χ0n) is 11.7. The van der Waals surface area contributed by atoms with E-state index in [1.54, 1.807) is 0 Å². The van der Waals surface area contributed by atoms with Crippen LogP contribution >= 0.6 is 0 Å². The van der Waals surface area contributed by atoms with Crippen LogP contribution in [-0.4, -0.2) is 41.9 Å². The summed E-state index contributed by atoms with van der Waals surface area (Å²) in [5, 5.41) is 3.20. The molecule has 1 saturated heterocycles. The molecule has 0 aliphatic carbocycles. The Bertz CT molecular complexity index is 302. The lowest BCUT2D eigenvalue weighted by Gasteiger charge is -2.32. The number of amides is 2. The third-order valence-electron chi connectivity index (χ3n) is 3.23. The normalized spacial score (nSPS) is 17.8. The first-order chi connectivity index (χ1) is 8.28. The van der Waals surface area contributed by atoms with Gasteiger partial charge in [0.1, 0.15) is 0 Å². The third-order valence-corrected chi connectivity index (χ3v) is 3.23. The number of hydrogen-bond acceptors (Lipinski definition) is 3. The van der Waals surface area contributed by atoms with Crippen molar-refractivity contribution >= 4 is 11.8 Å². The molecule has 0 aromatic rings. The Hall–Kier alpha value is -1.10. The topological polar surface area (TPSA) is 75.4 Å². The van der Waals surface area contributed by atoms with Crippen LogP contribution in [0, 0.1) is 5.92 Å². The van der Waals surface area contributed by atoms with Gasteiger partial charge in [0.25, 0.3) is 0 Å². The molecule has 1 rings (SSSR count). The van der Waals surface area contributed by atoms with Crippen LogP contribution in [0.1, 0.15) is 40.0 Å². The molecule has 0 radical (unpaired) electrons. The molecule has 1 fully saturated rings. The molecule has 0 atom stereocenters. The van der Waals surface area contributed by atoms with Crippen LogP contribution in [0.3, 0.4) is 0 Å². The highest BCUT2D eigenvalue weighted by molar-refractivity contribution is 5.78. The molecule has 1 heterocycles. The second-order valence-electron chi connectivity index (χ2n) is 6.10. The minimum absolute atomic E-state index is 0.0417. The van der Waals surface area contributed by atoms with Crippen LogP contribution in [0.25, 0.3) is 0 Å². The smallest absolute Gasteiger partial charge is 0.236 e. The first-order valence-corrected chi connectivity index (χ1v) is 6.59. The zero-order chi connectivity index (χ0) is 13.8. The van der Waals surface area contributed by atoms with Crippen LogP contribution in [0.2, 0.25) is 0 Å². The Morgan fingerprint density at radius 1 is 1.28 bits per heavy atom. The van der Waals surface area contributed by atoms with Crippen LogP contribution in [0.5, 0.6) is 0 Å². The number of piperidine rings is 1. The van der Waals surface area contributed by atoms with Gasteiger partial charge in [0.2, 0.25) is 11.8 Å². The van der Waals surface area contributed by atoms with Crippen molar-refractivity contribution in [3.8, 4) is 0 Å². The molecule has 2 amide bonds. The van der Waals surface area contributed by atoms with E-state index in [4.69, 9.17) is 5.73 Å². The summed E-state index contributed by atoms with van der Waals surface area (Å²) in [6.07, 6.45) is 2.21. The van der Waals surface area contributed by atoms with Crippen LogP contribution in [0.4, 0.5) is 0 Å². The molecule has 3 N–H and O–H groups in total. The van der Waals surface area contributed by atoms with Gasteiger partial charge in [-0.3, -0.25) is 9.59 Å². The van der Waals surface area contributed by atoms with E-state index in [1.807, 2.05) is 25.7 Å². The number of carbonyl (C=O) groups excluding carboxylic acids is 2. The molecule has 0 unspecified atom stereocenters. The molecule has 0 aromatic heterocycles. The zero-order valence-corrected chi connectivity index (χ0v) is 11.7. The molecule has 0 saturated carbocycles. The van der Waals surface area contributed by atoms with Gasteiger partial charge in [-0.15, -0.1) is 0 Å². The summed E-state index contributed by atoms with van der Waals surface area (Å²) in [6.45, 7) is 7.98. The average molecular weight is 255 g/mol. The molecule has 1 aliphatic heterocycles. The van der Waals surface area contributed by atoms with Gasteiger partial charge in [-0.25, -0.2) is 0 Å². The van der Waals surface area contributed by atoms with E-state index < -0.39 is 0 Å². The van der Waals surface area contributed by atoms with Gasteiger partial charge in [-0.1, -0.05) is 0 Å². The maximum atomic E-state index is 11.9. The fourth-order valence-corrected chi connectivity index (χ4v) is 2.12. The fraction of sp³-hybridized carbons (Fsp3) is 0.846. The summed E-state index contributed by atoms with van der Waals surface area (Å²) >= 11 is 0. The summed E-state index contributed by atoms with van der Waals surface area (Å²) in [5.74, 6) is 0.249. The van der Waals surface area contributed by atoms with E-state index >= 15 is 0 Å².